The van der Waals surface area contributed by atoms with Crippen LogP contribution in [0.5, 0.6) is 5.75 Å². The Morgan fingerprint density at radius 1 is 1.22 bits per heavy atom. The zero-order chi connectivity index (χ0) is 19.9. The van der Waals surface area contributed by atoms with Gasteiger partial charge in [0.1, 0.15) is 17.1 Å². The number of carboxylic acids is 1. The number of aryl methyl sites for hydroxylation is 2. The number of nitrogens with zero attached hydrogens (tertiary/aromatic N) is 3. The lowest BCUT2D eigenvalue weighted by Crippen LogP contribution is -2.12. The number of aromatic carboxylic acids is 1. The second-order valence-corrected chi connectivity index (χ2v) is 6.52. The molecule has 27 heavy (non-hydrogen) atoms. The molecule has 0 atom stereocenters. The molecular weight excluding hydrogens is 353 g/mol. The van der Waals surface area contributed by atoms with Gasteiger partial charge in [-0.2, -0.15) is 5.10 Å². The number of pyridine rings is 1. The molecule has 3 rings (SSSR count). The quantitative estimate of drug-likeness (QED) is 0.555. The Hall–Kier alpha value is -3.29. The van der Waals surface area contributed by atoms with Crippen LogP contribution in [0, 0.1) is 19.7 Å². The van der Waals surface area contributed by atoms with Gasteiger partial charge >= 0.3 is 11.9 Å². The molecule has 0 aliphatic carbocycles. The molecule has 0 saturated heterocycles. The van der Waals surface area contributed by atoms with Crippen LogP contribution in [0.15, 0.2) is 24.4 Å². The highest BCUT2D eigenvalue weighted by atomic mass is 19.1. The summed E-state index contributed by atoms with van der Waals surface area (Å²) in [6, 6.07) is 4.22. The van der Waals surface area contributed by atoms with E-state index < -0.39 is 17.8 Å². The third-order valence-electron chi connectivity index (χ3n) is 4.11. The van der Waals surface area contributed by atoms with E-state index in [0.717, 1.165) is 12.3 Å². The fourth-order valence-corrected chi connectivity index (χ4v) is 2.76. The van der Waals surface area contributed by atoms with Gasteiger partial charge in [0.05, 0.1) is 5.52 Å². The molecule has 0 unspecified atom stereocenters. The molecule has 2 heterocycles. The molecule has 0 spiro atoms. The van der Waals surface area contributed by atoms with E-state index in [0.29, 0.717) is 22.2 Å². The molecule has 0 saturated carbocycles. The molecule has 0 aliphatic heterocycles. The van der Waals surface area contributed by atoms with E-state index in [1.54, 1.807) is 24.6 Å². The minimum atomic E-state index is -1.19. The van der Waals surface area contributed by atoms with Crippen molar-refractivity contribution >= 4 is 22.8 Å². The number of halogens is 1. The number of hydrogen-bond acceptors (Lipinski definition) is 5. The Morgan fingerprint density at radius 3 is 2.52 bits per heavy atom. The zero-order valence-corrected chi connectivity index (χ0v) is 15.3. The Balaban J connectivity index is 2.07. The molecule has 7 nitrogen and oxygen atoms in total. The predicted octanol–water partition coefficient (Wildman–Crippen LogP) is 3.69. The van der Waals surface area contributed by atoms with Crippen molar-refractivity contribution in [2.75, 3.05) is 0 Å². The minimum Gasteiger partial charge on any atom is -0.476 e. The first-order valence-electron chi connectivity index (χ1n) is 8.29. The van der Waals surface area contributed by atoms with Crippen LogP contribution in [0.25, 0.3) is 10.9 Å². The molecule has 0 aliphatic rings. The average molecular weight is 371 g/mol. The van der Waals surface area contributed by atoms with E-state index in [1.165, 1.54) is 6.07 Å². The highest BCUT2D eigenvalue weighted by Crippen LogP contribution is 2.30. The van der Waals surface area contributed by atoms with Crippen LogP contribution in [0.4, 0.5) is 4.39 Å². The van der Waals surface area contributed by atoms with Crippen molar-refractivity contribution in [2.45, 2.75) is 33.7 Å². The molecule has 140 valence electrons. The van der Waals surface area contributed by atoms with Crippen LogP contribution in [0.3, 0.4) is 0 Å². The van der Waals surface area contributed by atoms with Gasteiger partial charge in [-0.05, 0) is 51.5 Å². The summed E-state index contributed by atoms with van der Waals surface area (Å²) in [4.78, 5) is 27.8. The summed E-state index contributed by atoms with van der Waals surface area (Å²) >= 11 is 0. The molecule has 0 radical (unpaired) electrons. The molecular formula is C19H18FN3O4. The number of benzene rings is 1. The molecule has 1 aromatic carbocycles. The summed E-state index contributed by atoms with van der Waals surface area (Å²) in [7, 11) is 0. The first kappa shape index (κ1) is 18.5. The van der Waals surface area contributed by atoms with Gasteiger partial charge in [0.25, 0.3) is 0 Å². The van der Waals surface area contributed by atoms with Gasteiger partial charge in [-0.25, -0.2) is 14.0 Å². The van der Waals surface area contributed by atoms with E-state index in [-0.39, 0.29) is 23.0 Å². The Labute approximate surface area is 154 Å². The number of esters is 1. The van der Waals surface area contributed by atoms with Gasteiger partial charge in [0, 0.05) is 23.3 Å². The van der Waals surface area contributed by atoms with E-state index in [9.17, 15) is 19.1 Å². The third kappa shape index (κ3) is 3.38. The van der Waals surface area contributed by atoms with Crippen molar-refractivity contribution < 1.29 is 23.8 Å². The van der Waals surface area contributed by atoms with Gasteiger partial charge < -0.3 is 9.84 Å². The number of carbonyl (C=O) groups excluding carboxylic acids is 1. The molecule has 8 heteroatoms. The monoisotopic (exact) mass is 371 g/mol. The number of fused-ring (bicyclic) bond motifs is 1. The van der Waals surface area contributed by atoms with E-state index in [2.05, 4.69) is 10.1 Å². The first-order valence-corrected chi connectivity index (χ1v) is 8.29. The Bertz CT molecular complexity index is 1070. The smallest absolute Gasteiger partial charge is 0.357 e. The molecule has 0 amide bonds. The number of hydrogen-bond donors (Lipinski definition) is 1. The maximum absolute atomic E-state index is 14.0. The van der Waals surface area contributed by atoms with Gasteiger partial charge in [-0.3, -0.25) is 9.67 Å². The lowest BCUT2D eigenvalue weighted by Gasteiger charge is -2.11. The minimum absolute atomic E-state index is 0.0545. The second kappa shape index (κ2) is 6.79. The van der Waals surface area contributed by atoms with Crippen molar-refractivity contribution in [2.24, 2.45) is 0 Å². The van der Waals surface area contributed by atoms with Crippen LogP contribution >= 0.6 is 0 Å². The molecule has 3 aromatic rings. The highest BCUT2D eigenvalue weighted by molar-refractivity contribution is 6.02. The summed E-state index contributed by atoms with van der Waals surface area (Å²) in [5, 5.41) is 13.9. The van der Waals surface area contributed by atoms with Crippen LogP contribution in [0.1, 0.15) is 52.0 Å². The van der Waals surface area contributed by atoms with Crippen molar-refractivity contribution in [3.63, 3.8) is 0 Å². The fraction of sp³-hybridized carbons (Fsp3) is 0.263. The van der Waals surface area contributed by atoms with Crippen LogP contribution in [-0.2, 0) is 0 Å². The summed E-state index contributed by atoms with van der Waals surface area (Å²) < 4.78 is 20.9. The van der Waals surface area contributed by atoms with Gasteiger partial charge in [-0.15, -0.1) is 0 Å². The maximum Gasteiger partial charge on any atom is 0.357 e. The third-order valence-corrected chi connectivity index (χ3v) is 4.11. The molecule has 1 N–H and O–H groups in total. The summed E-state index contributed by atoms with van der Waals surface area (Å²) in [5.41, 5.74) is 1.21. The predicted molar refractivity (Wildman–Crippen MR) is 95.7 cm³/mol. The summed E-state index contributed by atoms with van der Waals surface area (Å²) in [6.07, 6.45) is 1.11. The van der Waals surface area contributed by atoms with Crippen LogP contribution < -0.4 is 4.74 Å². The number of ether oxygens (including phenoxy) is 1. The zero-order valence-electron chi connectivity index (χ0n) is 15.3. The van der Waals surface area contributed by atoms with Crippen LogP contribution in [-0.4, -0.2) is 31.8 Å². The summed E-state index contributed by atoms with van der Waals surface area (Å²) in [6.45, 7) is 7.09. The summed E-state index contributed by atoms with van der Waals surface area (Å²) in [5.74, 6) is -2.69. The molecule has 0 fully saturated rings. The van der Waals surface area contributed by atoms with Crippen LogP contribution in [0.2, 0.25) is 0 Å². The first-order chi connectivity index (χ1) is 12.7. The van der Waals surface area contributed by atoms with E-state index in [4.69, 9.17) is 4.74 Å². The van der Waals surface area contributed by atoms with E-state index >= 15 is 0 Å². The molecule has 2 aromatic heterocycles. The lowest BCUT2D eigenvalue weighted by molar-refractivity contribution is 0.0689. The standard InChI is InChI=1S/C19H18FN3O4/c1-9(2)23-15-5-10(3)16(7-12(15)17(22-23)18(24)25)27-19(26)13-8-21-11(4)6-14(13)20/h5-9H,1-4H3,(H,24,25). The Kier molecular flexibility index (Phi) is 4.65. The largest absolute Gasteiger partial charge is 0.476 e. The van der Waals surface area contributed by atoms with Gasteiger partial charge in [-0.1, -0.05) is 0 Å². The SMILES string of the molecule is Cc1cc(F)c(C(=O)Oc2cc3c(C(=O)O)nn(C(C)C)c3cc2C)cn1. The van der Waals surface area contributed by atoms with Gasteiger partial charge in [0.2, 0.25) is 0 Å². The lowest BCUT2D eigenvalue weighted by atomic mass is 10.1. The second-order valence-electron chi connectivity index (χ2n) is 6.52. The fourth-order valence-electron chi connectivity index (χ4n) is 2.76. The van der Waals surface area contributed by atoms with Crippen molar-refractivity contribution in [1.82, 2.24) is 14.8 Å². The van der Waals surface area contributed by atoms with Crippen molar-refractivity contribution in [3.05, 3.63) is 52.7 Å². The number of aromatic nitrogens is 3. The average Bonchev–Trinajstić information content (AvgIpc) is 2.93. The number of carbonyl (C=O) groups is 2. The normalized spacial score (nSPS) is 11.2. The maximum atomic E-state index is 14.0. The number of carboxylic acid groups (broad SMARTS) is 1. The van der Waals surface area contributed by atoms with E-state index in [1.807, 2.05) is 13.8 Å². The Morgan fingerprint density at radius 2 is 1.93 bits per heavy atom. The molecule has 0 bridgehead atoms. The highest BCUT2D eigenvalue weighted by Gasteiger charge is 2.22. The van der Waals surface area contributed by atoms with Crippen molar-refractivity contribution in [1.29, 1.82) is 0 Å². The van der Waals surface area contributed by atoms with Crippen molar-refractivity contribution in [3.8, 4) is 5.75 Å². The topological polar surface area (TPSA) is 94.3 Å². The number of rotatable bonds is 4. The van der Waals surface area contributed by atoms with Gasteiger partial charge in [0.15, 0.2) is 5.69 Å².